The van der Waals surface area contributed by atoms with E-state index in [2.05, 4.69) is 118 Å². The predicted molar refractivity (Wildman–Crippen MR) is 176 cm³/mol. The van der Waals surface area contributed by atoms with Crippen molar-refractivity contribution in [3.8, 4) is 11.1 Å². The Morgan fingerprint density at radius 2 is 1.19 bits per heavy atom. The van der Waals surface area contributed by atoms with Gasteiger partial charge in [0.2, 0.25) is 0 Å². The fourth-order valence-corrected chi connectivity index (χ4v) is 5.75. The molecule has 0 aromatic heterocycles. The Morgan fingerprint density at radius 1 is 0.714 bits per heavy atom. The summed E-state index contributed by atoms with van der Waals surface area (Å²) in [6.45, 7) is 30.2. The van der Waals surface area contributed by atoms with E-state index in [1.165, 1.54) is 63.8 Å². The zero-order valence-electron chi connectivity index (χ0n) is 28.8. The molecule has 0 atom stereocenters. The molecule has 0 amide bonds. The molecule has 0 saturated heterocycles. The first-order valence-corrected chi connectivity index (χ1v) is 16.7. The average molecular weight is 687 g/mol. The fourth-order valence-electron chi connectivity index (χ4n) is 5.25. The molecular weight excluding hydrogens is 631 g/mol. The standard InChI is InChI=1S/C29H41.C5H5.C5H10.2ClH.Zr/c1-26(2,3)22-14-18-13-19-15-23(27(4,5)6)25(29(10,11)12)17-21(19)20(18)16-24(22)28(7,8)9;1-2-4-5-3-1;1-3-5-4-2;;;/h14,16-17H,13H2,1-12H3;1-5H;1H,3-5H2,2H3;2*1H;/q2*-1;;;;+2/p-2. The molecule has 0 heterocycles. The third kappa shape index (κ3) is 11.2. The summed E-state index contributed by atoms with van der Waals surface area (Å²) in [5.74, 6) is 0. The van der Waals surface area contributed by atoms with Gasteiger partial charge in [-0.15, -0.1) is 16.7 Å². The summed E-state index contributed by atoms with van der Waals surface area (Å²) >= 11 is 1.57. The average Bonchev–Trinajstić information content (AvgIpc) is 3.50. The molecule has 0 nitrogen and oxygen atoms in total. The zero-order valence-corrected chi connectivity index (χ0v) is 32.8. The van der Waals surface area contributed by atoms with Gasteiger partial charge in [0, 0.05) is 0 Å². The number of hydrogen-bond donors (Lipinski definition) is 0. The first-order valence-electron chi connectivity index (χ1n) is 15.3. The number of hydrogen-bond acceptors (Lipinski definition) is 0. The summed E-state index contributed by atoms with van der Waals surface area (Å²) < 4.78 is 2.30. The van der Waals surface area contributed by atoms with Crippen LogP contribution in [0.15, 0.2) is 48.5 Å². The van der Waals surface area contributed by atoms with Crippen molar-refractivity contribution in [2.75, 3.05) is 0 Å². The van der Waals surface area contributed by atoms with Crippen LogP contribution in [0.3, 0.4) is 0 Å². The predicted octanol–water partition coefficient (Wildman–Crippen LogP) is 5.19. The first-order chi connectivity index (χ1) is 18.3. The van der Waals surface area contributed by atoms with Crippen LogP contribution in [0.4, 0.5) is 0 Å². The van der Waals surface area contributed by atoms with Crippen molar-refractivity contribution in [2.45, 2.75) is 137 Å². The molecule has 1 aliphatic carbocycles. The van der Waals surface area contributed by atoms with Crippen LogP contribution in [0.1, 0.15) is 143 Å². The Labute approximate surface area is 287 Å². The van der Waals surface area contributed by atoms with Gasteiger partial charge < -0.3 is 24.8 Å². The molecule has 0 saturated carbocycles. The van der Waals surface area contributed by atoms with Gasteiger partial charge in [0.05, 0.1) is 0 Å². The third-order valence-electron chi connectivity index (χ3n) is 7.49. The van der Waals surface area contributed by atoms with Gasteiger partial charge in [-0.25, -0.2) is 12.1 Å². The first kappa shape index (κ1) is 41.1. The van der Waals surface area contributed by atoms with E-state index in [4.69, 9.17) is 0 Å². The zero-order chi connectivity index (χ0) is 30.5. The maximum absolute atomic E-state index is 3.90. The monoisotopic (exact) mass is 684 g/mol. The summed E-state index contributed by atoms with van der Waals surface area (Å²) in [7, 11) is 0. The van der Waals surface area contributed by atoms with E-state index in [1.54, 1.807) is 24.2 Å². The van der Waals surface area contributed by atoms with Gasteiger partial charge in [-0.1, -0.05) is 106 Å². The number of unbranched alkanes of at least 4 members (excludes halogenated alkanes) is 2. The Balaban J connectivity index is 0.00000109. The third-order valence-corrected chi connectivity index (χ3v) is 8.20. The summed E-state index contributed by atoms with van der Waals surface area (Å²) in [6, 6.07) is 21.4. The quantitative estimate of drug-likeness (QED) is 0.206. The van der Waals surface area contributed by atoms with Gasteiger partial charge in [0.15, 0.2) is 0 Å². The molecule has 0 radical (unpaired) electrons. The molecule has 3 heteroatoms. The van der Waals surface area contributed by atoms with Crippen molar-refractivity contribution in [3.63, 3.8) is 0 Å². The Hall–Kier alpha value is -0.877. The maximum atomic E-state index is 3.90. The molecule has 4 rings (SSSR count). The summed E-state index contributed by atoms with van der Waals surface area (Å²) in [5.41, 5.74) is 11.9. The molecule has 232 valence electrons. The molecule has 0 unspecified atom stereocenters. The molecule has 3 aromatic carbocycles. The number of fused-ring (bicyclic) bond motifs is 3. The van der Waals surface area contributed by atoms with Gasteiger partial charge in [-0.3, -0.25) is 0 Å². The minimum atomic E-state index is 0. The molecule has 0 bridgehead atoms. The van der Waals surface area contributed by atoms with Crippen molar-refractivity contribution in [1.29, 1.82) is 0 Å². The van der Waals surface area contributed by atoms with E-state index in [9.17, 15) is 0 Å². The van der Waals surface area contributed by atoms with Crippen molar-refractivity contribution in [2.24, 2.45) is 0 Å². The Bertz CT molecular complexity index is 1140. The second-order valence-corrected chi connectivity index (χ2v) is 16.5. The van der Waals surface area contributed by atoms with Crippen molar-refractivity contribution < 1.29 is 49.0 Å². The van der Waals surface area contributed by atoms with Gasteiger partial charge in [0.25, 0.3) is 0 Å². The topological polar surface area (TPSA) is 0 Å². The molecule has 0 spiro atoms. The fraction of sp³-hybridized carbons (Fsp3) is 0.538. The van der Waals surface area contributed by atoms with Crippen molar-refractivity contribution >= 4 is 3.71 Å². The largest absolute Gasteiger partial charge is 1.00 e. The molecule has 0 N–H and O–H groups in total. The Morgan fingerprint density at radius 3 is 1.55 bits per heavy atom. The number of benzene rings is 2. The molecule has 42 heavy (non-hydrogen) atoms. The van der Waals surface area contributed by atoms with E-state index >= 15 is 0 Å². The van der Waals surface area contributed by atoms with Crippen LogP contribution in [-0.4, -0.2) is 3.71 Å². The minimum absolute atomic E-state index is 0. The van der Waals surface area contributed by atoms with Crippen molar-refractivity contribution in [1.82, 2.24) is 0 Å². The molecule has 0 fully saturated rings. The summed E-state index contributed by atoms with van der Waals surface area (Å²) in [5, 5.41) is 0. The summed E-state index contributed by atoms with van der Waals surface area (Å²) in [4.78, 5) is 0. The maximum Gasteiger partial charge on any atom is -0.172 e. The van der Waals surface area contributed by atoms with Crippen LogP contribution in [0.25, 0.3) is 11.1 Å². The van der Waals surface area contributed by atoms with Crippen LogP contribution < -0.4 is 24.8 Å². The van der Waals surface area contributed by atoms with Crippen LogP contribution in [0, 0.1) is 6.07 Å². The van der Waals surface area contributed by atoms with Gasteiger partial charge in [-0.05, 0) is 39.4 Å². The van der Waals surface area contributed by atoms with E-state index in [0.29, 0.717) is 0 Å². The summed E-state index contributed by atoms with van der Waals surface area (Å²) in [6.07, 6.45) is 5.05. The number of rotatable bonds is 3. The van der Waals surface area contributed by atoms with Crippen molar-refractivity contribution in [3.05, 3.63) is 88.0 Å². The van der Waals surface area contributed by atoms with Crippen LogP contribution in [0.5, 0.6) is 0 Å². The van der Waals surface area contributed by atoms with E-state index in [1.807, 2.05) is 30.3 Å². The molecule has 3 aromatic rings. The van der Waals surface area contributed by atoms with E-state index in [0.717, 1.165) is 6.42 Å². The van der Waals surface area contributed by atoms with Crippen LogP contribution in [0.2, 0.25) is 0 Å². The second kappa shape index (κ2) is 16.4. The molecular formula is C39H56Cl2Zr-2. The SMILES string of the molecule is CC(C)(C)c1[c-]c2c(cc1C(C)(C)C)-c1cc(C(C)(C)C)c(C(C)(C)C)cc1C2.CCCC[CH]=[Zr+2].[Cl-].[Cl-].c1cc[cH-]c1. The smallest absolute Gasteiger partial charge is 0.172 e. The Kier molecular flexibility index (Phi) is 16.1. The van der Waals surface area contributed by atoms with Gasteiger partial charge in [-0.2, -0.15) is 35.9 Å². The van der Waals surface area contributed by atoms with Gasteiger partial charge >= 0.3 is 54.1 Å². The van der Waals surface area contributed by atoms with Crippen LogP contribution in [-0.2, 0) is 52.3 Å². The van der Waals surface area contributed by atoms with Crippen LogP contribution >= 0.6 is 0 Å². The second-order valence-electron chi connectivity index (χ2n) is 15.5. The number of halogens is 2. The normalized spacial score (nSPS) is 12.4. The van der Waals surface area contributed by atoms with E-state index in [-0.39, 0.29) is 46.5 Å². The van der Waals surface area contributed by atoms with E-state index < -0.39 is 0 Å². The molecule has 1 aliphatic rings. The van der Waals surface area contributed by atoms with Gasteiger partial charge in [0.1, 0.15) is 0 Å². The minimum Gasteiger partial charge on any atom is -1.00 e. The molecule has 0 aliphatic heterocycles.